The summed E-state index contributed by atoms with van der Waals surface area (Å²) in [5.74, 6) is -1.17. The molecule has 9 nitrogen and oxygen atoms in total. The normalized spacial score (nSPS) is 22.7. The van der Waals surface area contributed by atoms with Crippen molar-refractivity contribution in [2.75, 3.05) is 25.0 Å². The molecule has 2 fully saturated rings. The molecule has 3 N–H and O–H groups in total. The van der Waals surface area contributed by atoms with E-state index >= 15 is 0 Å². The molecule has 0 aromatic heterocycles. The third-order valence-electron chi connectivity index (χ3n) is 9.61. The van der Waals surface area contributed by atoms with Crippen molar-refractivity contribution >= 4 is 29.2 Å². The van der Waals surface area contributed by atoms with Gasteiger partial charge in [0.05, 0.1) is 24.4 Å². The molecule has 262 valence electrons. The third kappa shape index (κ3) is 8.43. The zero-order valence-corrected chi connectivity index (χ0v) is 29.0. The summed E-state index contributed by atoms with van der Waals surface area (Å²) >= 11 is 6.12. The molecule has 1 unspecified atom stereocenters. The van der Waals surface area contributed by atoms with Gasteiger partial charge in [-0.05, 0) is 66.3 Å². The average molecular weight is 699 g/mol. The van der Waals surface area contributed by atoms with Crippen LogP contribution < -0.4 is 5.32 Å². The number of amides is 1. The van der Waals surface area contributed by atoms with Gasteiger partial charge in [-0.3, -0.25) is 9.59 Å². The Bertz CT molecular complexity index is 1740. The van der Waals surface area contributed by atoms with Gasteiger partial charge >= 0.3 is 5.97 Å². The molecule has 1 amide bonds. The van der Waals surface area contributed by atoms with Gasteiger partial charge in [0.25, 0.3) is 5.91 Å². The summed E-state index contributed by atoms with van der Waals surface area (Å²) in [6, 6.07) is 32.7. The fourth-order valence-electron chi connectivity index (χ4n) is 6.88. The molecule has 0 spiro atoms. The molecule has 10 heteroatoms. The number of piperidine rings is 1. The van der Waals surface area contributed by atoms with Crippen LogP contribution in [-0.4, -0.2) is 58.8 Å². The minimum atomic E-state index is -0.956. The highest BCUT2D eigenvalue weighted by atomic mass is 35.5. The van der Waals surface area contributed by atoms with Crippen LogP contribution >= 0.6 is 11.6 Å². The van der Waals surface area contributed by atoms with Crippen LogP contribution in [-0.2, 0) is 36.0 Å². The Kier molecular flexibility index (Phi) is 11.3. The number of aliphatic hydroxyl groups is 2. The van der Waals surface area contributed by atoms with E-state index in [0.29, 0.717) is 48.7 Å². The second kappa shape index (κ2) is 15.9. The van der Waals surface area contributed by atoms with E-state index in [2.05, 4.69) is 22.3 Å². The smallest absolute Gasteiger partial charge is 0.303 e. The second-order valence-electron chi connectivity index (χ2n) is 13.1. The van der Waals surface area contributed by atoms with Crippen LogP contribution in [0, 0.1) is 0 Å². The minimum Gasteiger partial charge on any atom is -0.453 e. The van der Waals surface area contributed by atoms with Crippen molar-refractivity contribution in [3.05, 3.63) is 136 Å². The summed E-state index contributed by atoms with van der Waals surface area (Å²) in [6.07, 6.45) is -1.33. The van der Waals surface area contributed by atoms with Gasteiger partial charge in [-0.2, -0.15) is 0 Å². The number of hydrogen-bond acceptors (Lipinski definition) is 8. The van der Waals surface area contributed by atoms with Gasteiger partial charge in [0, 0.05) is 48.7 Å². The van der Waals surface area contributed by atoms with Crippen LogP contribution in [0.1, 0.15) is 72.8 Å². The van der Waals surface area contributed by atoms with Gasteiger partial charge in [-0.15, -0.1) is 0 Å². The molecular formula is C40H43ClN2O7. The van der Waals surface area contributed by atoms with E-state index in [1.807, 2.05) is 84.9 Å². The highest BCUT2D eigenvalue weighted by Gasteiger charge is 2.44. The fourth-order valence-corrected chi connectivity index (χ4v) is 7.01. The van der Waals surface area contributed by atoms with Crippen molar-refractivity contribution in [3.8, 4) is 0 Å². The van der Waals surface area contributed by atoms with Crippen LogP contribution in [0.15, 0.2) is 103 Å². The Morgan fingerprint density at radius 2 is 1.60 bits per heavy atom. The summed E-state index contributed by atoms with van der Waals surface area (Å²) < 4.78 is 18.8. The van der Waals surface area contributed by atoms with Crippen molar-refractivity contribution in [2.45, 2.75) is 69.4 Å². The van der Waals surface area contributed by atoms with Crippen molar-refractivity contribution < 1.29 is 34.0 Å². The maximum absolute atomic E-state index is 12.8. The molecule has 2 aliphatic heterocycles. The van der Waals surface area contributed by atoms with Crippen molar-refractivity contribution in [3.63, 3.8) is 0 Å². The number of rotatable bonds is 10. The maximum Gasteiger partial charge on any atom is 0.303 e. The largest absolute Gasteiger partial charge is 0.453 e. The standard InChI is InChI=1S/C40H43ClN2O7/c1-26(48-27(2)45)38(46)42-34-10-6-9-31(23-34)39-49-35(24-43-21-19-40(47,20-22-43)32-15-17-33(41)18-16-32)36(29-7-4-3-5-8-29)37(50-39)30-13-11-28(25-44)12-14-30/h3-18,23,26,35-37,39,44,47H,19-22,24-25H2,1-2H3,(H,42,46)/t26-,35+,36+,37-,39?/m0/s1. The van der Waals surface area contributed by atoms with Crippen LogP contribution in [0.4, 0.5) is 5.69 Å². The first-order valence-electron chi connectivity index (χ1n) is 17.0. The number of anilines is 1. The minimum absolute atomic E-state index is 0.0613. The predicted octanol–water partition coefficient (Wildman–Crippen LogP) is 6.65. The average Bonchev–Trinajstić information content (AvgIpc) is 3.13. The van der Waals surface area contributed by atoms with Gasteiger partial charge < -0.3 is 34.6 Å². The van der Waals surface area contributed by atoms with E-state index in [0.717, 1.165) is 22.3 Å². The second-order valence-corrected chi connectivity index (χ2v) is 13.5. The molecule has 0 bridgehead atoms. The monoisotopic (exact) mass is 698 g/mol. The zero-order chi connectivity index (χ0) is 35.3. The summed E-state index contributed by atoms with van der Waals surface area (Å²) in [4.78, 5) is 26.5. The first-order chi connectivity index (χ1) is 24.1. The number of nitrogens with zero attached hydrogens (tertiary/aromatic N) is 1. The number of nitrogens with one attached hydrogen (secondary N) is 1. The van der Waals surface area contributed by atoms with E-state index < -0.39 is 36.0 Å². The summed E-state index contributed by atoms with van der Waals surface area (Å²) in [6.45, 7) is 4.66. The molecule has 6 rings (SSSR count). The number of carbonyl (C=O) groups is 2. The highest BCUT2D eigenvalue weighted by Crippen LogP contribution is 2.47. The molecule has 4 aromatic carbocycles. The number of likely N-dealkylation sites (tertiary alicyclic amines) is 1. The molecule has 2 aliphatic rings. The lowest BCUT2D eigenvalue weighted by Crippen LogP contribution is -2.49. The van der Waals surface area contributed by atoms with Crippen LogP contribution in [0.5, 0.6) is 0 Å². The molecule has 50 heavy (non-hydrogen) atoms. The van der Waals surface area contributed by atoms with Gasteiger partial charge in [-0.1, -0.05) is 90.5 Å². The van der Waals surface area contributed by atoms with Gasteiger partial charge in [-0.25, -0.2) is 0 Å². The number of esters is 1. The number of carbonyl (C=O) groups excluding carboxylic acids is 2. The Morgan fingerprint density at radius 1 is 0.920 bits per heavy atom. The van der Waals surface area contributed by atoms with E-state index in [9.17, 15) is 19.8 Å². The van der Waals surface area contributed by atoms with Crippen LogP contribution in [0.25, 0.3) is 0 Å². The Labute approximate surface area is 297 Å². The number of hydrogen-bond donors (Lipinski definition) is 3. The summed E-state index contributed by atoms with van der Waals surface area (Å²) in [5, 5.41) is 24.8. The third-order valence-corrected chi connectivity index (χ3v) is 9.86. The molecular weight excluding hydrogens is 656 g/mol. The molecule has 2 heterocycles. The van der Waals surface area contributed by atoms with E-state index in [1.165, 1.54) is 13.8 Å². The van der Waals surface area contributed by atoms with E-state index in [1.54, 1.807) is 6.07 Å². The lowest BCUT2D eigenvalue weighted by Gasteiger charge is -2.46. The lowest BCUT2D eigenvalue weighted by molar-refractivity contribution is -0.264. The summed E-state index contributed by atoms with van der Waals surface area (Å²) in [7, 11) is 0. The first kappa shape index (κ1) is 35.7. The Morgan fingerprint density at radius 3 is 2.26 bits per heavy atom. The predicted molar refractivity (Wildman–Crippen MR) is 190 cm³/mol. The zero-order valence-electron chi connectivity index (χ0n) is 28.2. The first-order valence-corrected chi connectivity index (χ1v) is 17.3. The molecule has 0 saturated carbocycles. The molecule has 4 aromatic rings. The van der Waals surface area contributed by atoms with Gasteiger partial charge in [0.1, 0.15) is 0 Å². The summed E-state index contributed by atoms with van der Waals surface area (Å²) in [5.41, 5.74) is 3.99. The molecule has 5 atom stereocenters. The van der Waals surface area contributed by atoms with Crippen molar-refractivity contribution in [1.82, 2.24) is 4.90 Å². The quantitative estimate of drug-likeness (QED) is 0.158. The lowest BCUT2D eigenvalue weighted by atomic mass is 9.81. The Balaban J connectivity index is 1.30. The van der Waals surface area contributed by atoms with E-state index in [4.69, 9.17) is 25.8 Å². The van der Waals surface area contributed by atoms with Gasteiger partial charge in [0.2, 0.25) is 0 Å². The molecule has 0 radical (unpaired) electrons. The highest BCUT2D eigenvalue weighted by molar-refractivity contribution is 6.30. The number of halogens is 1. The molecule has 2 saturated heterocycles. The number of ether oxygens (including phenoxy) is 3. The Hall–Kier alpha value is -4.09. The van der Waals surface area contributed by atoms with Crippen molar-refractivity contribution in [1.29, 1.82) is 0 Å². The maximum atomic E-state index is 12.8. The van der Waals surface area contributed by atoms with Crippen LogP contribution in [0.3, 0.4) is 0 Å². The fraction of sp³-hybridized carbons (Fsp3) is 0.350. The number of benzene rings is 4. The van der Waals surface area contributed by atoms with Crippen molar-refractivity contribution in [2.24, 2.45) is 0 Å². The SMILES string of the molecule is CC(=O)O[C@@H](C)C(=O)Nc1cccc(C2O[C@H](CN3CCC(O)(c4ccc(Cl)cc4)CC3)[C@@H](c3ccccc3)[C@H](c3ccc(CO)cc3)O2)c1. The van der Waals surface area contributed by atoms with E-state index in [-0.39, 0.29) is 18.6 Å². The molecule has 0 aliphatic carbocycles. The topological polar surface area (TPSA) is 118 Å². The van der Waals surface area contributed by atoms with Gasteiger partial charge in [0.15, 0.2) is 12.4 Å². The van der Waals surface area contributed by atoms with Crippen LogP contribution in [0.2, 0.25) is 5.02 Å². The number of aliphatic hydroxyl groups excluding tert-OH is 1.